The molecule has 1 heterocycles. The second kappa shape index (κ2) is 5.16. The van der Waals surface area contributed by atoms with Gasteiger partial charge in [-0.15, -0.1) is 0 Å². The number of hydrogen-bond donors (Lipinski definition) is 0. The minimum absolute atomic E-state index is 0.111. The van der Waals surface area contributed by atoms with Gasteiger partial charge in [0.25, 0.3) is 0 Å². The summed E-state index contributed by atoms with van der Waals surface area (Å²) < 4.78 is 2.34. The van der Waals surface area contributed by atoms with Gasteiger partial charge in [0.2, 0.25) is 5.70 Å². The van der Waals surface area contributed by atoms with E-state index >= 15 is 0 Å². The van der Waals surface area contributed by atoms with Gasteiger partial charge in [0, 0.05) is 24.3 Å². The zero-order valence-electron chi connectivity index (χ0n) is 12.3. The van der Waals surface area contributed by atoms with E-state index in [1.807, 2.05) is 6.08 Å². The molecule has 1 aliphatic heterocycles. The molecule has 1 heteroatoms. The highest BCUT2D eigenvalue weighted by atomic mass is 15.1. The molecule has 0 N–H and O–H groups in total. The summed E-state index contributed by atoms with van der Waals surface area (Å²) in [6.07, 6.45) is 6.15. The normalized spacial score (nSPS) is 23.2. The Morgan fingerprint density at radius 3 is 2.47 bits per heavy atom. The average molecular weight is 254 g/mol. The van der Waals surface area contributed by atoms with Crippen LogP contribution in [0.2, 0.25) is 0 Å². The summed E-state index contributed by atoms with van der Waals surface area (Å²) in [7, 11) is 0. The molecule has 0 spiro atoms. The Kier molecular flexibility index (Phi) is 3.75. The van der Waals surface area contributed by atoms with Crippen molar-refractivity contribution in [1.82, 2.24) is 0 Å². The molecule has 1 unspecified atom stereocenters. The highest BCUT2D eigenvalue weighted by Crippen LogP contribution is 2.45. The number of allylic oxidation sites excluding steroid dienone is 1. The molecule has 0 radical (unpaired) electrons. The summed E-state index contributed by atoms with van der Waals surface area (Å²) >= 11 is 0. The lowest BCUT2D eigenvalue weighted by atomic mass is 9.71. The van der Waals surface area contributed by atoms with E-state index in [-0.39, 0.29) is 5.54 Å². The Morgan fingerprint density at radius 1 is 1.26 bits per heavy atom. The van der Waals surface area contributed by atoms with Crippen LogP contribution in [0, 0.1) is 0 Å². The van der Waals surface area contributed by atoms with Crippen LogP contribution >= 0.6 is 0 Å². The van der Waals surface area contributed by atoms with E-state index in [0.717, 1.165) is 18.5 Å². The molecule has 1 aliphatic rings. The summed E-state index contributed by atoms with van der Waals surface area (Å²) in [4.78, 5) is 0. The predicted octanol–water partition coefficient (Wildman–Crippen LogP) is 4.60. The van der Waals surface area contributed by atoms with Crippen molar-refractivity contribution >= 4 is 11.9 Å². The van der Waals surface area contributed by atoms with E-state index < -0.39 is 0 Å². The van der Waals surface area contributed by atoms with E-state index in [9.17, 15) is 0 Å². The number of rotatable bonds is 3. The highest BCUT2D eigenvalue weighted by molar-refractivity contribution is 5.72. The first kappa shape index (κ1) is 13.8. The summed E-state index contributed by atoms with van der Waals surface area (Å²) in [5.74, 6) is 0.486. The lowest BCUT2D eigenvalue weighted by molar-refractivity contribution is -0.533. The maximum atomic E-state index is 4.33. The van der Waals surface area contributed by atoms with E-state index in [1.165, 1.54) is 11.1 Å². The smallest absolute Gasteiger partial charge is 0.193 e. The molecular formula is C18H24N+. The van der Waals surface area contributed by atoms with Crippen LogP contribution in [0.15, 0.2) is 43.5 Å². The maximum absolute atomic E-state index is 4.33. The minimum atomic E-state index is 0.111. The predicted molar refractivity (Wildman–Crippen MR) is 83.7 cm³/mol. The van der Waals surface area contributed by atoms with Crippen molar-refractivity contribution in [3.05, 3.63) is 54.6 Å². The van der Waals surface area contributed by atoms with Crippen LogP contribution in [-0.2, 0) is 0 Å². The minimum Gasteiger partial charge on any atom is -0.193 e. The van der Waals surface area contributed by atoms with E-state index in [4.69, 9.17) is 0 Å². The molecule has 0 aliphatic carbocycles. The van der Waals surface area contributed by atoms with Crippen LogP contribution < -0.4 is 0 Å². The van der Waals surface area contributed by atoms with Crippen molar-refractivity contribution in [2.24, 2.45) is 0 Å². The standard InChI is InChI=1S/C18H24N/c1-6-13-19-15(5)17-12-10-9-11-16(17)14(4)18(19,7-2)8-3/h6,9-14H,1,5,7-8H2,2-4H3/q+1. The van der Waals surface area contributed by atoms with Gasteiger partial charge in [-0.05, 0) is 24.3 Å². The molecular weight excluding hydrogens is 230 g/mol. The molecule has 0 amide bonds. The zero-order chi connectivity index (χ0) is 14.0. The van der Waals surface area contributed by atoms with Crippen molar-refractivity contribution < 1.29 is 4.58 Å². The Bertz CT molecular complexity index is 532. The van der Waals surface area contributed by atoms with Crippen molar-refractivity contribution in [3.8, 4) is 0 Å². The van der Waals surface area contributed by atoms with E-state index in [2.05, 4.69) is 69.0 Å². The van der Waals surface area contributed by atoms with Crippen LogP contribution in [0.25, 0.3) is 5.70 Å². The van der Waals surface area contributed by atoms with Gasteiger partial charge in [-0.25, -0.2) is 0 Å². The lowest BCUT2D eigenvalue weighted by Gasteiger charge is -2.39. The molecule has 0 bridgehead atoms. The highest BCUT2D eigenvalue weighted by Gasteiger charge is 2.49. The summed E-state index contributed by atoms with van der Waals surface area (Å²) in [6.45, 7) is 15.1. The van der Waals surface area contributed by atoms with Crippen molar-refractivity contribution in [3.63, 3.8) is 0 Å². The monoisotopic (exact) mass is 254 g/mol. The molecule has 1 aromatic carbocycles. The van der Waals surface area contributed by atoms with Gasteiger partial charge >= 0.3 is 0 Å². The van der Waals surface area contributed by atoms with Gasteiger partial charge in [-0.2, -0.15) is 4.58 Å². The largest absolute Gasteiger partial charge is 0.205 e. The second-order valence-corrected chi connectivity index (χ2v) is 5.32. The van der Waals surface area contributed by atoms with Crippen LogP contribution in [0.1, 0.15) is 50.7 Å². The first-order valence-corrected chi connectivity index (χ1v) is 7.15. The van der Waals surface area contributed by atoms with Crippen LogP contribution in [0.3, 0.4) is 0 Å². The van der Waals surface area contributed by atoms with Gasteiger partial charge in [-0.3, -0.25) is 0 Å². The SMILES string of the molecule is C=CC=[N+]1C(=C)c2ccccc2C(C)C1(CC)CC. The Hall–Kier alpha value is -1.63. The average Bonchev–Trinajstić information content (AvgIpc) is 2.46. The number of nitrogens with zero attached hydrogens (tertiary/aromatic N) is 1. The zero-order valence-corrected chi connectivity index (χ0v) is 12.3. The Labute approximate surface area is 117 Å². The van der Waals surface area contributed by atoms with E-state index in [1.54, 1.807) is 0 Å². The van der Waals surface area contributed by atoms with Crippen molar-refractivity contribution in [1.29, 1.82) is 0 Å². The van der Waals surface area contributed by atoms with Crippen LogP contribution in [0.4, 0.5) is 0 Å². The molecule has 1 atom stereocenters. The molecule has 19 heavy (non-hydrogen) atoms. The third-order valence-corrected chi connectivity index (χ3v) is 4.79. The molecule has 1 aromatic rings. The van der Waals surface area contributed by atoms with Gasteiger partial charge in [0.05, 0.1) is 0 Å². The molecule has 0 saturated carbocycles. The quantitative estimate of drug-likeness (QED) is 0.693. The molecule has 2 rings (SSSR count). The maximum Gasteiger partial charge on any atom is 0.205 e. The molecule has 1 nitrogen and oxygen atoms in total. The summed E-state index contributed by atoms with van der Waals surface area (Å²) in [5, 5.41) is 0. The number of fused-ring (bicyclic) bond motifs is 1. The Morgan fingerprint density at radius 2 is 1.89 bits per heavy atom. The van der Waals surface area contributed by atoms with Gasteiger partial charge in [0.1, 0.15) is 0 Å². The fraction of sp³-hybridized carbons (Fsp3) is 0.389. The first-order valence-electron chi connectivity index (χ1n) is 7.15. The fourth-order valence-corrected chi connectivity index (χ4v) is 3.58. The second-order valence-electron chi connectivity index (χ2n) is 5.32. The fourth-order valence-electron chi connectivity index (χ4n) is 3.58. The van der Waals surface area contributed by atoms with E-state index in [0.29, 0.717) is 5.92 Å². The number of benzene rings is 1. The topological polar surface area (TPSA) is 3.01 Å². The third-order valence-electron chi connectivity index (χ3n) is 4.79. The first-order chi connectivity index (χ1) is 9.12. The van der Waals surface area contributed by atoms with Gasteiger partial charge in [0.15, 0.2) is 11.8 Å². The molecule has 0 saturated heterocycles. The van der Waals surface area contributed by atoms with Crippen molar-refractivity contribution in [2.45, 2.75) is 45.1 Å². The van der Waals surface area contributed by atoms with Gasteiger partial charge in [-0.1, -0.05) is 45.5 Å². The third kappa shape index (κ3) is 1.88. The summed E-state index contributed by atoms with van der Waals surface area (Å²) in [6, 6.07) is 8.64. The Balaban J connectivity index is 2.73. The summed E-state index contributed by atoms with van der Waals surface area (Å²) in [5.41, 5.74) is 3.90. The number of hydrogen-bond acceptors (Lipinski definition) is 0. The van der Waals surface area contributed by atoms with Crippen LogP contribution in [0.5, 0.6) is 0 Å². The molecule has 0 fully saturated rings. The molecule has 100 valence electrons. The molecule has 0 aromatic heterocycles. The van der Waals surface area contributed by atoms with Crippen molar-refractivity contribution in [2.75, 3.05) is 0 Å². The van der Waals surface area contributed by atoms with Crippen LogP contribution in [-0.4, -0.2) is 16.3 Å². The van der Waals surface area contributed by atoms with Gasteiger partial charge < -0.3 is 0 Å². The lowest BCUT2D eigenvalue weighted by Crippen LogP contribution is -2.48.